The molecule has 2 fully saturated rings. The van der Waals surface area contributed by atoms with E-state index in [9.17, 15) is 9.90 Å². The Kier molecular flexibility index (Phi) is 8.47. The van der Waals surface area contributed by atoms with Gasteiger partial charge in [0.25, 0.3) is 0 Å². The van der Waals surface area contributed by atoms with E-state index in [4.69, 9.17) is 26.6 Å². The van der Waals surface area contributed by atoms with Gasteiger partial charge < -0.3 is 14.7 Å². The fourth-order valence-electron chi connectivity index (χ4n) is 3.36. The molecule has 2 aliphatic carbocycles. The standard InChI is InChI=1S/C18H15ClN2O4S.C5H10/c1-24-25-16-8-14(19)12(9-20)6-15(16)21-26-17-7-11(18(22)23)4-5-13(17)10-2-3-10;1-2-4-5-3-1/h4-8,10,21H,2-3H2,1H3,(H,22,23);1-5H2. The van der Waals surface area contributed by atoms with E-state index in [-0.39, 0.29) is 10.6 Å². The number of carboxylic acid groups (broad SMARTS) is 1. The van der Waals surface area contributed by atoms with Crippen LogP contribution in [0.15, 0.2) is 35.2 Å². The highest BCUT2D eigenvalue weighted by Gasteiger charge is 2.27. The topological polar surface area (TPSA) is 91.6 Å². The van der Waals surface area contributed by atoms with Gasteiger partial charge in [0.15, 0.2) is 5.75 Å². The Bertz CT molecular complexity index is 961. The Morgan fingerprint density at radius 2 is 1.87 bits per heavy atom. The number of hydrogen-bond donors (Lipinski definition) is 2. The molecular weight excluding hydrogens is 436 g/mol. The maximum absolute atomic E-state index is 11.3. The van der Waals surface area contributed by atoms with Crippen LogP contribution in [0.5, 0.6) is 5.75 Å². The first-order chi connectivity index (χ1) is 15.0. The van der Waals surface area contributed by atoms with Crippen LogP contribution in [0.3, 0.4) is 0 Å². The molecule has 31 heavy (non-hydrogen) atoms. The van der Waals surface area contributed by atoms with Crippen molar-refractivity contribution in [3.8, 4) is 11.8 Å². The smallest absolute Gasteiger partial charge is 0.335 e. The summed E-state index contributed by atoms with van der Waals surface area (Å²) in [7, 11) is 1.37. The van der Waals surface area contributed by atoms with E-state index in [1.807, 2.05) is 12.1 Å². The SMILES string of the molecule is C1CCCC1.COOc1cc(Cl)c(C#N)cc1NSc1cc(C(=O)O)ccc1C1CC1. The third-order valence-electron chi connectivity index (χ3n) is 5.16. The number of anilines is 1. The first-order valence-electron chi connectivity index (χ1n) is 10.3. The van der Waals surface area contributed by atoms with E-state index in [0.29, 0.717) is 22.9 Å². The summed E-state index contributed by atoms with van der Waals surface area (Å²) >= 11 is 7.29. The molecule has 2 aromatic carbocycles. The first-order valence-corrected chi connectivity index (χ1v) is 11.5. The molecule has 0 radical (unpaired) electrons. The van der Waals surface area contributed by atoms with Crippen LogP contribution in [0.2, 0.25) is 5.02 Å². The average Bonchev–Trinajstić information content (AvgIpc) is 3.42. The molecule has 0 aliphatic heterocycles. The summed E-state index contributed by atoms with van der Waals surface area (Å²) in [5.74, 6) is -0.195. The zero-order valence-corrected chi connectivity index (χ0v) is 18.9. The van der Waals surface area contributed by atoms with Crippen LogP contribution >= 0.6 is 23.5 Å². The van der Waals surface area contributed by atoms with Gasteiger partial charge in [-0.15, -0.1) is 0 Å². The van der Waals surface area contributed by atoms with Gasteiger partial charge in [0.1, 0.15) is 6.07 Å². The van der Waals surface area contributed by atoms with Crippen molar-refractivity contribution >= 4 is 35.2 Å². The molecule has 2 aliphatic rings. The third-order valence-corrected chi connectivity index (χ3v) is 6.37. The predicted octanol–water partition coefficient (Wildman–Crippen LogP) is 6.80. The largest absolute Gasteiger partial charge is 0.478 e. The van der Waals surface area contributed by atoms with E-state index in [1.54, 1.807) is 18.2 Å². The van der Waals surface area contributed by atoms with Crippen LogP contribution < -0.4 is 9.61 Å². The summed E-state index contributed by atoms with van der Waals surface area (Å²) in [6.45, 7) is 0. The van der Waals surface area contributed by atoms with Gasteiger partial charge in [-0.25, -0.2) is 4.79 Å². The lowest BCUT2D eigenvalue weighted by atomic mass is 10.1. The molecule has 2 saturated carbocycles. The van der Waals surface area contributed by atoms with Crippen molar-refractivity contribution in [1.82, 2.24) is 0 Å². The van der Waals surface area contributed by atoms with Crippen molar-refractivity contribution in [1.29, 1.82) is 5.26 Å². The summed E-state index contributed by atoms with van der Waals surface area (Å²) in [5.41, 5.74) is 2.12. The van der Waals surface area contributed by atoms with Gasteiger partial charge in [-0.2, -0.15) is 10.1 Å². The van der Waals surface area contributed by atoms with Crippen LogP contribution in [0.4, 0.5) is 5.69 Å². The van der Waals surface area contributed by atoms with E-state index in [0.717, 1.165) is 23.3 Å². The van der Waals surface area contributed by atoms with Gasteiger partial charge in [-0.1, -0.05) is 49.8 Å². The molecule has 0 amide bonds. The molecule has 2 N–H and O–H groups in total. The van der Waals surface area contributed by atoms with Crippen LogP contribution in [0.25, 0.3) is 0 Å². The number of nitrogens with zero attached hydrogens (tertiary/aromatic N) is 1. The lowest BCUT2D eigenvalue weighted by Gasteiger charge is -2.14. The second kappa shape index (κ2) is 11.3. The zero-order valence-electron chi connectivity index (χ0n) is 17.3. The van der Waals surface area contributed by atoms with E-state index in [1.165, 1.54) is 57.2 Å². The van der Waals surface area contributed by atoms with Gasteiger partial charge in [0.2, 0.25) is 0 Å². The molecule has 164 valence electrons. The van der Waals surface area contributed by atoms with Crippen molar-refractivity contribution in [2.75, 3.05) is 11.8 Å². The second-order valence-corrected chi connectivity index (χ2v) is 8.75. The summed E-state index contributed by atoms with van der Waals surface area (Å²) in [6.07, 6.45) is 9.69. The Hall–Kier alpha value is -2.40. The summed E-state index contributed by atoms with van der Waals surface area (Å²) in [6, 6.07) is 10.2. The lowest BCUT2D eigenvalue weighted by Crippen LogP contribution is -2.00. The minimum absolute atomic E-state index is 0.223. The molecule has 8 heteroatoms. The number of nitriles is 1. The van der Waals surface area contributed by atoms with Crippen LogP contribution in [-0.4, -0.2) is 18.2 Å². The summed E-state index contributed by atoms with van der Waals surface area (Å²) in [4.78, 5) is 21.9. The number of nitrogens with one attached hydrogen (secondary N) is 1. The van der Waals surface area contributed by atoms with Gasteiger partial charge in [-0.3, -0.25) is 0 Å². The minimum atomic E-state index is -0.976. The average molecular weight is 461 g/mol. The minimum Gasteiger partial charge on any atom is -0.478 e. The lowest BCUT2D eigenvalue weighted by molar-refractivity contribution is -0.177. The maximum atomic E-state index is 11.3. The van der Waals surface area contributed by atoms with E-state index >= 15 is 0 Å². The monoisotopic (exact) mass is 460 g/mol. The number of halogens is 1. The molecule has 4 rings (SSSR count). The molecule has 0 spiro atoms. The van der Waals surface area contributed by atoms with Crippen molar-refractivity contribution < 1.29 is 19.7 Å². The van der Waals surface area contributed by atoms with Crippen LogP contribution in [0.1, 0.15) is 72.3 Å². The van der Waals surface area contributed by atoms with Gasteiger partial charge in [0, 0.05) is 11.0 Å². The normalized spacial score (nSPS) is 14.9. The Labute approximate surface area is 191 Å². The highest BCUT2D eigenvalue weighted by atomic mass is 35.5. The van der Waals surface area contributed by atoms with Gasteiger partial charge in [0.05, 0.1) is 28.9 Å². The quantitative estimate of drug-likeness (QED) is 0.266. The van der Waals surface area contributed by atoms with Crippen molar-refractivity contribution in [2.45, 2.75) is 55.8 Å². The maximum Gasteiger partial charge on any atom is 0.335 e. The fourth-order valence-corrected chi connectivity index (χ4v) is 4.47. The Balaban J connectivity index is 0.000000478. The Morgan fingerprint density at radius 1 is 1.19 bits per heavy atom. The summed E-state index contributed by atoms with van der Waals surface area (Å²) in [5, 5.41) is 18.7. The number of rotatable bonds is 7. The van der Waals surface area contributed by atoms with Crippen molar-refractivity contribution in [3.05, 3.63) is 52.0 Å². The molecule has 0 aromatic heterocycles. The zero-order chi connectivity index (χ0) is 22.2. The Morgan fingerprint density at radius 3 is 2.42 bits per heavy atom. The molecule has 0 atom stereocenters. The highest BCUT2D eigenvalue weighted by molar-refractivity contribution is 8.00. The number of carboxylic acids is 1. The number of carbonyl (C=O) groups is 1. The molecule has 6 nitrogen and oxygen atoms in total. The number of hydrogen-bond acceptors (Lipinski definition) is 6. The first kappa shape index (κ1) is 23.3. The molecule has 0 heterocycles. The fraction of sp³-hybridized carbons (Fsp3) is 0.391. The van der Waals surface area contributed by atoms with Gasteiger partial charge >= 0.3 is 5.97 Å². The predicted molar refractivity (Wildman–Crippen MR) is 122 cm³/mol. The van der Waals surface area contributed by atoms with Gasteiger partial charge in [-0.05, 0) is 54.5 Å². The summed E-state index contributed by atoms with van der Waals surface area (Å²) < 4.78 is 3.11. The molecule has 0 bridgehead atoms. The number of benzene rings is 2. The molecular formula is C23H25ClN2O4S. The van der Waals surface area contributed by atoms with E-state index in [2.05, 4.69) is 4.72 Å². The second-order valence-electron chi connectivity index (χ2n) is 7.49. The number of aromatic carboxylic acids is 1. The molecule has 0 saturated heterocycles. The van der Waals surface area contributed by atoms with E-state index < -0.39 is 5.97 Å². The van der Waals surface area contributed by atoms with Crippen LogP contribution in [-0.2, 0) is 4.89 Å². The van der Waals surface area contributed by atoms with Crippen molar-refractivity contribution in [3.63, 3.8) is 0 Å². The highest BCUT2D eigenvalue weighted by Crippen LogP contribution is 2.45. The molecule has 0 unspecified atom stereocenters. The van der Waals surface area contributed by atoms with Crippen molar-refractivity contribution in [2.24, 2.45) is 0 Å². The third kappa shape index (κ3) is 6.54. The van der Waals surface area contributed by atoms with Crippen LogP contribution in [0, 0.1) is 11.3 Å². The molecule has 2 aromatic rings.